The Labute approximate surface area is 132 Å². The van der Waals surface area contributed by atoms with Crippen LogP contribution in [-0.4, -0.2) is 19.0 Å². The lowest BCUT2D eigenvalue weighted by molar-refractivity contribution is -0.117. The zero-order valence-electron chi connectivity index (χ0n) is 13.0. The number of hydrogen-bond acceptors (Lipinski definition) is 2. The minimum Gasteiger partial charge on any atom is -0.308 e. The van der Waals surface area contributed by atoms with Gasteiger partial charge in [0.2, 0.25) is 5.91 Å². The van der Waals surface area contributed by atoms with E-state index in [0.29, 0.717) is 19.0 Å². The normalized spacial score (nSPS) is 19.0. The first-order valence-corrected chi connectivity index (χ1v) is 7.89. The highest BCUT2D eigenvalue weighted by Gasteiger charge is 2.22. The molecule has 1 N–H and O–H groups in total. The van der Waals surface area contributed by atoms with Crippen molar-refractivity contribution in [1.82, 2.24) is 5.32 Å². The number of hydrogen-bond donors (Lipinski definition) is 1. The average Bonchev–Trinajstić information content (AvgIpc) is 2.61. The molecule has 1 heterocycles. The van der Waals surface area contributed by atoms with Gasteiger partial charge in [0.25, 0.3) is 0 Å². The molecule has 0 bridgehead atoms. The first-order chi connectivity index (χ1) is 10.8. The van der Waals surface area contributed by atoms with E-state index >= 15 is 0 Å². The standard InChI is InChI=1S/C19H22N2O/c1-15-11-12-20-13-19(22)21(14-16-7-3-2-4-8-16)18-10-6-5-9-17(15)18/h2-10,15,20H,11-14H2,1H3. The quantitative estimate of drug-likeness (QED) is 0.921. The number of nitrogens with one attached hydrogen (secondary N) is 1. The molecule has 114 valence electrons. The molecule has 0 saturated heterocycles. The first-order valence-electron chi connectivity index (χ1n) is 7.89. The largest absolute Gasteiger partial charge is 0.308 e. The van der Waals surface area contributed by atoms with Crippen LogP contribution in [0.25, 0.3) is 0 Å². The molecule has 0 aliphatic carbocycles. The Hall–Kier alpha value is -2.13. The monoisotopic (exact) mass is 294 g/mol. The number of amides is 1. The molecule has 2 aromatic carbocycles. The van der Waals surface area contributed by atoms with E-state index in [9.17, 15) is 4.79 Å². The van der Waals surface area contributed by atoms with E-state index in [4.69, 9.17) is 0 Å². The fraction of sp³-hybridized carbons (Fsp3) is 0.316. The zero-order chi connectivity index (χ0) is 15.4. The van der Waals surface area contributed by atoms with Gasteiger partial charge in [-0.1, -0.05) is 55.5 Å². The molecule has 3 nitrogen and oxygen atoms in total. The van der Waals surface area contributed by atoms with Gasteiger partial charge in [0.05, 0.1) is 13.1 Å². The van der Waals surface area contributed by atoms with Crippen molar-refractivity contribution in [3.8, 4) is 0 Å². The highest BCUT2D eigenvalue weighted by molar-refractivity contribution is 5.95. The van der Waals surface area contributed by atoms with Crippen molar-refractivity contribution in [2.24, 2.45) is 0 Å². The highest BCUT2D eigenvalue weighted by atomic mass is 16.2. The van der Waals surface area contributed by atoms with E-state index in [0.717, 1.165) is 24.2 Å². The molecule has 0 spiro atoms. The third-order valence-corrected chi connectivity index (χ3v) is 4.27. The lowest BCUT2D eigenvalue weighted by Gasteiger charge is -2.26. The fourth-order valence-corrected chi connectivity index (χ4v) is 2.99. The number of carbonyl (C=O) groups excluding carboxylic acids is 1. The summed E-state index contributed by atoms with van der Waals surface area (Å²) in [4.78, 5) is 14.6. The van der Waals surface area contributed by atoms with Crippen LogP contribution in [0.2, 0.25) is 0 Å². The maximum Gasteiger partial charge on any atom is 0.241 e. The van der Waals surface area contributed by atoms with Gasteiger partial charge in [0, 0.05) is 5.69 Å². The van der Waals surface area contributed by atoms with E-state index in [1.807, 2.05) is 29.2 Å². The summed E-state index contributed by atoms with van der Waals surface area (Å²) in [5.41, 5.74) is 3.46. The predicted octanol–water partition coefficient (Wildman–Crippen LogP) is 3.32. The summed E-state index contributed by atoms with van der Waals surface area (Å²) >= 11 is 0. The summed E-state index contributed by atoms with van der Waals surface area (Å²) in [6, 6.07) is 18.5. The van der Waals surface area contributed by atoms with Crippen LogP contribution in [0.15, 0.2) is 54.6 Å². The molecule has 1 amide bonds. The molecule has 1 atom stereocenters. The summed E-state index contributed by atoms with van der Waals surface area (Å²) in [7, 11) is 0. The van der Waals surface area contributed by atoms with Gasteiger partial charge in [-0.05, 0) is 36.1 Å². The second-order valence-corrected chi connectivity index (χ2v) is 5.89. The third-order valence-electron chi connectivity index (χ3n) is 4.27. The molecular weight excluding hydrogens is 272 g/mol. The molecule has 0 saturated carbocycles. The van der Waals surface area contributed by atoms with Gasteiger partial charge in [-0.2, -0.15) is 0 Å². The number of fused-ring (bicyclic) bond motifs is 1. The van der Waals surface area contributed by atoms with Gasteiger partial charge in [0.15, 0.2) is 0 Å². The Kier molecular flexibility index (Phi) is 4.54. The summed E-state index contributed by atoms with van der Waals surface area (Å²) in [5, 5.41) is 3.27. The van der Waals surface area contributed by atoms with Gasteiger partial charge >= 0.3 is 0 Å². The minimum atomic E-state index is 0.130. The Morgan fingerprint density at radius 2 is 1.82 bits per heavy atom. The molecule has 3 rings (SSSR count). The Balaban J connectivity index is 2.00. The van der Waals surface area contributed by atoms with Gasteiger partial charge in [-0.25, -0.2) is 0 Å². The highest BCUT2D eigenvalue weighted by Crippen LogP contribution is 2.31. The van der Waals surface area contributed by atoms with Crippen LogP contribution in [0.4, 0.5) is 5.69 Å². The van der Waals surface area contributed by atoms with Crippen molar-refractivity contribution in [1.29, 1.82) is 0 Å². The van der Waals surface area contributed by atoms with Crippen LogP contribution in [0.5, 0.6) is 0 Å². The number of carbonyl (C=O) groups is 1. The fourth-order valence-electron chi connectivity index (χ4n) is 2.99. The van der Waals surface area contributed by atoms with Gasteiger partial charge in [-0.15, -0.1) is 0 Å². The molecule has 1 aliphatic heterocycles. The number of para-hydroxylation sites is 1. The lowest BCUT2D eigenvalue weighted by Crippen LogP contribution is -2.37. The Morgan fingerprint density at radius 1 is 1.09 bits per heavy atom. The van der Waals surface area contributed by atoms with Gasteiger partial charge < -0.3 is 10.2 Å². The van der Waals surface area contributed by atoms with Crippen molar-refractivity contribution in [3.05, 3.63) is 65.7 Å². The number of nitrogens with zero attached hydrogens (tertiary/aromatic N) is 1. The van der Waals surface area contributed by atoms with Crippen LogP contribution in [0.1, 0.15) is 30.4 Å². The number of anilines is 1. The van der Waals surface area contributed by atoms with Crippen LogP contribution >= 0.6 is 0 Å². The third kappa shape index (κ3) is 3.20. The second kappa shape index (κ2) is 6.75. The summed E-state index contributed by atoms with van der Waals surface area (Å²) < 4.78 is 0. The average molecular weight is 294 g/mol. The van der Waals surface area contributed by atoms with E-state index in [1.165, 1.54) is 5.56 Å². The summed E-state index contributed by atoms with van der Waals surface area (Å²) in [6.45, 7) is 4.12. The first kappa shape index (κ1) is 14.8. The molecule has 22 heavy (non-hydrogen) atoms. The Morgan fingerprint density at radius 3 is 2.64 bits per heavy atom. The number of rotatable bonds is 2. The lowest BCUT2D eigenvalue weighted by atomic mass is 9.95. The molecule has 3 heteroatoms. The van der Waals surface area contributed by atoms with Crippen molar-refractivity contribution < 1.29 is 4.79 Å². The smallest absolute Gasteiger partial charge is 0.241 e. The van der Waals surface area contributed by atoms with Crippen molar-refractivity contribution in [3.63, 3.8) is 0 Å². The maximum absolute atomic E-state index is 12.7. The van der Waals surface area contributed by atoms with E-state index < -0.39 is 0 Å². The second-order valence-electron chi connectivity index (χ2n) is 5.89. The van der Waals surface area contributed by atoms with Crippen LogP contribution in [0, 0.1) is 0 Å². The van der Waals surface area contributed by atoms with Crippen LogP contribution in [0.3, 0.4) is 0 Å². The van der Waals surface area contributed by atoms with Crippen LogP contribution < -0.4 is 10.2 Å². The molecule has 2 aromatic rings. The molecule has 1 aliphatic rings. The maximum atomic E-state index is 12.7. The van der Waals surface area contributed by atoms with Gasteiger partial charge in [-0.3, -0.25) is 4.79 Å². The van der Waals surface area contributed by atoms with Crippen LogP contribution in [-0.2, 0) is 11.3 Å². The van der Waals surface area contributed by atoms with Crippen molar-refractivity contribution in [2.75, 3.05) is 18.0 Å². The summed E-state index contributed by atoms with van der Waals surface area (Å²) in [6.07, 6.45) is 1.05. The van der Waals surface area contributed by atoms with E-state index in [1.54, 1.807) is 0 Å². The predicted molar refractivity (Wildman–Crippen MR) is 90.0 cm³/mol. The molecule has 0 fully saturated rings. The Bertz CT molecular complexity index is 639. The molecule has 0 aromatic heterocycles. The zero-order valence-corrected chi connectivity index (χ0v) is 13.0. The van der Waals surface area contributed by atoms with Crippen molar-refractivity contribution in [2.45, 2.75) is 25.8 Å². The van der Waals surface area contributed by atoms with E-state index in [2.05, 4.69) is 42.6 Å². The van der Waals surface area contributed by atoms with Crippen molar-refractivity contribution >= 4 is 11.6 Å². The SMILES string of the molecule is CC1CCNCC(=O)N(Cc2ccccc2)c2ccccc21. The minimum absolute atomic E-state index is 0.130. The van der Waals surface area contributed by atoms with E-state index in [-0.39, 0.29) is 5.91 Å². The summed E-state index contributed by atoms with van der Waals surface area (Å²) in [5.74, 6) is 0.568. The molecule has 0 radical (unpaired) electrons. The topological polar surface area (TPSA) is 32.3 Å². The van der Waals surface area contributed by atoms with Gasteiger partial charge in [0.1, 0.15) is 0 Å². The molecule has 1 unspecified atom stereocenters. The number of benzene rings is 2. The molecular formula is C19H22N2O.